The Bertz CT molecular complexity index is 762. The summed E-state index contributed by atoms with van der Waals surface area (Å²) < 4.78 is 0. The maximum Gasteiger partial charge on any atom is 0.244 e. The summed E-state index contributed by atoms with van der Waals surface area (Å²) in [5.74, 6) is 1.50. The predicted octanol–water partition coefficient (Wildman–Crippen LogP) is 3.93. The molecule has 0 fully saturated rings. The lowest BCUT2D eigenvalue weighted by atomic mass is 10.1. The highest BCUT2D eigenvalue weighted by atomic mass is 32.2. The number of nitrogens with zero attached hydrogens (tertiary/aromatic N) is 1. The van der Waals surface area contributed by atoms with Crippen molar-refractivity contribution in [3.63, 3.8) is 0 Å². The van der Waals surface area contributed by atoms with Crippen LogP contribution >= 0.6 is 11.8 Å². The SMILES string of the molecule is Cc1cccc(/C=C/C(=O)NCCSCc2ccccc2C#N)c1. The fourth-order valence-corrected chi connectivity index (χ4v) is 3.05. The van der Waals surface area contributed by atoms with E-state index in [1.165, 1.54) is 5.56 Å². The van der Waals surface area contributed by atoms with Crippen LogP contribution in [0.5, 0.6) is 0 Å². The number of rotatable bonds is 7. The lowest BCUT2D eigenvalue weighted by molar-refractivity contribution is -0.116. The Morgan fingerprint density at radius 3 is 2.88 bits per heavy atom. The van der Waals surface area contributed by atoms with Gasteiger partial charge in [-0.15, -0.1) is 0 Å². The van der Waals surface area contributed by atoms with Crippen molar-refractivity contribution in [2.45, 2.75) is 12.7 Å². The van der Waals surface area contributed by atoms with Gasteiger partial charge in [0.1, 0.15) is 0 Å². The molecule has 0 aliphatic carbocycles. The second kappa shape index (κ2) is 9.59. The number of nitriles is 1. The molecule has 0 bridgehead atoms. The maximum absolute atomic E-state index is 11.8. The summed E-state index contributed by atoms with van der Waals surface area (Å²) in [4.78, 5) is 11.8. The van der Waals surface area contributed by atoms with Crippen molar-refractivity contribution in [2.24, 2.45) is 0 Å². The van der Waals surface area contributed by atoms with E-state index in [0.29, 0.717) is 6.54 Å². The van der Waals surface area contributed by atoms with Crippen LogP contribution in [-0.2, 0) is 10.5 Å². The second-order valence-electron chi connectivity index (χ2n) is 5.36. The van der Waals surface area contributed by atoms with Crippen LogP contribution in [0.4, 0.5) is 0 Å². The molecule has 2 rings (SSSR count). The molecule has 0 spiro atoms. The molecular formula is C20H20N2OS. The topological polar surface area (TPSA) is 52.9 Å². The summed E-state index contributed by atoms with van der Waals surface area (Å²) in [6.07, 6.45) is 3.38. The van der Waals surface area contributed by atoms with Crippen LogP contribution < -0.4 is 5.32 Å². The third-order valence-corrected chi connectivity index (χ3v) is 4.42. The van der Waals surface area contributed by atoms with Gasteiger partial charge in [-0.1, -0.05) is 48.0 Å². The van der Waals surface area contributed by atoms with Crippen molar-refractivity contribution in [3.8, 4) is 6.07 Å². The highest BCUT2D eigenvalue weighted by molar-refractivity contribution is 7.98. The minimum absolute atomic E-state index is 0.0884. The van der Waals surface area contributed by atoms with Crippen molar-refractivity contribution < 1.29 is 4.79 Å². The molecule has 1 amide bonds. The fourth-order valence-electron chi connectivity index (χ4n) is 2.19. The molecule has 0 unspecified atom stereocenters. The molecular weight excluding hydrogens is 316 g/mol. The average molecular weight is 336 g/mol. The van der Waals surface area contributed by atoms with Crippen LogP contribution in [0.25, 0.3) is 6.08 Å². The molecule has 0 aromatic heterocycles. The first-order valence-electron chi connectivity index (χ1n) is 7.77. The molecule has 0 atom stereocenters. The van der Waals surface area contributed by atoms with Gasteiger partial charge in [0.05, 0.1) is 11.6 Å². The van der Waals surface area contributed by atoms with Gasteiger partial charge in [0.25, 0.3) is 0 Å². The van der Waals surface area contributed by atoms with Crippen molar-refractivity contribution in [2.75, 3.05) is 12.3 Å². The maximum atomic E-state index is 11.8. The highest BCUT2D eigenvalue weighted by Crippen LogP contribution is 2.15. The first kappa shape index (κ1) is 17.8. The van der Waals surface area contributed by atoms with Gasteiger partial charge in [-0.05, 0) is 30.2 Å². The Balaban J connectivity index is 1.69. The Kier molecular flexibility index (Phi) is 7.13. The van der Waals surface area contributed by atoms with Gasteiger partial charge < -0.3 is 5.32 Å². The van der Waals surface area contributed by atoms with E-state index >= 15 is 0 Å². The molecule has 0 aliphatic rings. The average Bonchev–Trinajstić information content (AvgIpc) is 2.60. The molecule has 0 heterocycles. The standard InChI is InChI=1S/C20H20N2OS/c1-16-5-4-6-17(13-16)9-10-20(23)22-11-12-24-15-19-8-3-2-7-18(19)14-21/h2-10,13H,11-12,15H2,1H3,(H,22,23)/b10-9+. The van der Waals surface area contributed by atoms with Crippen molar-refractivity contribution in [1.29, 1.82) is 5.26 Å². The molecule has 122 valence electrons. The van der Waals surface area contributed by atoms with Crippen LogP contribution in [0, 0.1) is 18.3 Å². The van der Waals surface area contributed by atoms with Gasteiger partial charge >= 0.3 is 0 Å². The number of hydrogen-bond acceptors (Lipinski definition) is 3. The molecule has 0 radical (unpaired) electrons. The first-order chi connectivity index (χ1) is 11.7. The summed E-state index contributed by atoms with van der Waals surface area (Å²) >= 11 is 1.70. The minimum atomic E-state index is -0.0884. The zero-order valence-corrected chi connectivity index (χ0v) is 14.5. The number of hydrogen-bond donors (Lipinski definition) is 1. The molecule has 0 aliphatic heterocycles. The fraction of sp³-hybridized carbons (Fsp3) is 0.200. The molecule has 4 heteroatoms. The Morgan fingerprint density at radius 2 is 2.08 bits per heavy atom. The Hall–Kier alpha value is -2.51. The number of thioether (sulfide) groups is 1. The lowest BCUT2D eigenvalue weighted by Gasteiger charge is -2.04. The van der Waals surface area contributed by atoms with E-state index in [0.717, 1.165) is 28.2 Å². The van der Waals surface area contributed by atoms with Gasteiger partial charge in [-0.3, -0.25) is 4.79 Å². The zero-order chi connectivity index (χ0) is 17.2. The van der Waals surface area contributed by atoms with Gasteiger partial charge in [0.2, 0.25) is 5.91 Å². The van der Waals surface area contributed by atoms with E-state index in [9.17, 15) is 4.79 Å². The monoisotopic (exact) mass is 336 g/mol. The summed E-state index contributed by atoms with van der Waals surface area (Å²) in [5.41, 5.74) is 3.95. The quantitative estimate of drug-likeness (QED) is 0.616. The first-order valence-corrected chi connectivity index (χ1v) is 8.93. The summed E-state index contributed by atoms with van der Waals surface area (Å²) in [6.45, 7) is 2.63. The van der Waals surface area contributed by atoms with E-state index in [1.54, 1.807) is 17.8 Å². The number of nitrogens with one attached hydrogen (secondary N) is 1. The van der Waals surface area contributed by atoms with Gasteiger partial charge in [-0.2, -0.15) is 17.0 Å². The zero-order valence-electron chi connectivity index (χ0n) is 13.7. The predicted molar refractivity (Wildman–Crippen MR) is 101 cm³/mol. The summed E-state index contributed by atoms with van der Waals surface area (Å²) in [6, 6.07) is 17.8. The molecule has 1 N–H and O–H groups in total. The molecule has 2 aromatic carbocycles. The molecule has 0 saturated carbocycles. The summed E-state index contributed by atoms with van der Waals surface area (Å²) in [7, 11) is 0. The van der Waals surface area contributed by atoms with Gasteiger partial charge in [-0.25, -0.2) is 0 Å². The third kappa shape index (κ3) is 5.94. The molecule has 3 nitrogen and oxygen atoms in total. The second-order valence-corrected chi connectivity index (χ2v) is 6.47. The highest BCUT2D eigenvalue weighted by Gasteiger charge is 2.01. The number of carbonyl (C=O) groups is 1. The van der Waals surface area contributed by atoms with Crippen LogP contribution in [-0.4, -0.2) is 18.2 Å². The van der Waals surface area contributed by atoms with E-state index in [1.807, 2.05) is 61.5 Å². The van der Waals surface area contributed by atoms with Crippen molar-refractivity contribution in [1.82, 2.24) is 5.32 Å². The van der Waals surface area contributed by atoms with E-state index in [2.05, 4.69) is 11.4 Å². The van der Waals surface area contributed by atoms with Crippen LogP contribution in [0.2, 0.25) is 0 Å². The number of carbonyl (C=O) groups excluding carboxylic acids is 1. The van der Waals surface area contributed by atoms with Gasteiger partial charge in [0.15, 0.2) is 0 Å². The van der Waals surface area contributed by atoms with E-state index < -0.39 is 0 Å². The van der Waals surface area contributed by atoms with E-state index in [4.69, 9.17) is 5.26 Å². The normalized spacial score (nSPS) is 10.5. The molecule has 2 aromatic rings. The van der Waals surface area contributed by atoms with Crippen molar-refractivity contribution in [3.05, 3.63) is 76.9 Å². The number of amides is 1. The van der Waals surface area contributed by atoms with Crippen LogP contribution in [0.1, 0.15) is 22.3 Å². The third-order valence-electron chi connectivity index (χ3n) is 3.41. The summed E-state index contributed by atoms with van der Waals surface area (Å²) in [5, 5.41) is 11.9. The molecule has 24 heavy (non-hydrogen) atoms. The number of aryl methyl sites for hydroxylation is 1. The van der Waals surface area contributed by atoms with Crippen molar-refractivity contribution >= 4 is 23.7 Å². The number of benzene rings is 2. The molecule has 0 saturated heterocycles. The largest absolute Gasteiger partial charge is 0.352 e. The minimum Gasteiger partial charge on any atom is -0.352 e. The Labute approximate surface area is 147 Å². The lowest BCUT2D eigenvalue weighted by Crippen LogP contribution is -2.23. The van der Waals surface area contributed by atoms with Gasteiger partial charge in [0, 0.05) is 24.1 Å². The van der Waals surface area contributed by atoms with Crippen LogP contribution in [0.3, 0.4) is 0 Å². The van der Waals surface area contributed by atoms with Crippen LogP contribution in [0.15, 0.2) is 54.6 Å². The Morgan fingerprint density at radius 1 is 1.25 bits per heavy atom. The van der Waals surface area contributed by atoms with E-state index in [-0.39, 0.29) is 5.91 Å². The smallest absolute Gasteiger partial charge is 0.244 e.